The van der Waals surface area contributed by atoms with Gasteiger partial charge in [-0.1, -0.05) is 0 Å². The number of β-amino-alcohol motifs (C(OH)–C–C–N with tert-alkyl or cyclic N) is 1. The van der Waals surface area contributed by atoms with E-state index in [4.69, 9.17) is 4.74 Å². The number of imide groups is 1. The van der Waals surface area contributed by atoms with Gasteiger partial charge < -0.3 is 15.2 Å². The predicted octanol–water partition coefficient (Wildman–Crippen LogP) is 1.29. The SMILES string of the molecule is C[C@]1(C2CC2)NC(=O)N(C[C@H](O)COc2ccc(F)cc2)C1=O. The normalized spacial score (nSPS) is 25.4. The quantitative estimate of drug-likeness (QED) is 0.774. The third-order valence-electron chi connectivity index (χ3n) is 4.34. The van der Waals surface area contributed by atoms with E-state index in [1.807, 2.05) is 0 Å². The number of carbonyl (C=O) groups is 2. The summed E-state index contributed by atoms with van der Waals surface area (Å²) in [6, 6.07) is 4.91. The fourth-order valence-electron chi connectivity index (χ4n) is 2.81. The Balaban J connectivity index is 1.55. The van der Waals surface area contributed by atoms with Gasteiger partial charge in [0.25, 0.3) is 5.91 Å². The van der Waals surface area contributed by atoms with Gasteiger partial charge in [-0.3, -0.25) is 9.69 Å². The highest BCUT2D eigenvalue weighted by Crippen LogP contribution is 2.42. The highest BCUT2D eigenvalue weighted by Gasteiger charge is 2.56. The number of hydrogen-bond donors (Lipinski definition) is 2. The lowest BCUT2D eigenvalue weighted by Crippen LogP contribution is -2.46. The number of carbonyl (C=O) groups excluding carboxylic acids is 2. The lowest BCUT2D eigenvalue weighted by Gasteiger charge is -2.22. The van der Waals surface area contributed by atoms with Crippen LogP contribution in [-0.4, -0.2) is 46.7 Å². The van der Waals surface area contributed by atoms with E-state index in [0.29, 0.717) is 5.75 Å². The Labute approximate surface area is 133 Å². The van der Waals surface area contributed by atoms with Gasteiger partial charge in [-0.25, -0.2) is 9.18 Å². The zero-order valence-electron chi connectivity index (χ0n) is 12.8. The first-order chi connectivity index (χ1) is 10.9. The molecule has 2 atom stereocenters. The maximum Gasteiger partial charge on any atom is 0.325 e. The summed E-state index contributed by atoms with van der Waals surface area (Å²) in [7, 11) is 0. The van der Waals surface area contributed by atoms with Gasteiger partial charge in [0.1, 0.15) is 29.8 Å². The first kappa shape index (κ1) is 15.7. The maximum atomic E-state index is 12.8. The van der Waals surface area contributed by atoms with Crippen LogP contribution in [0.25, 0.3) is 0 Å². The second kappa shape index (κ2) is 5.81. The molecule has 1 aliphatic heterocycles. The van der Waals surface area contributed by atoms with Crippen LogP contribution in [0.4, 0.5) is 9.18 Å². The molecular formula is C16H19FN2O4. The first-order valence-corrected chi connectivity index (χ1v) is 7.60. The standard InChI is InChI=1S/C16H19FN2O4/c1-16(10-2-3-10)14(21)19(15(22)18-16)8-12(20)9-23-13-6-4-11(17)5-7-13/h4-7,10,12,20H,2-3,8-9H2,1H3,(H,18,22)/t12-,16+/m0/s1. The predicted molar refractivity (Wildman–Crippen MR) is 79.3 cm³/mol. The van der Waals surface area contributed by atoms with Crippen LogP contribution in [0, 0.1) is 11.7 Å². The third-order valence-corrected chi connectivity index (χ3v) is 4.34. The van der Waals surface area contributed by atoms with E-state index in [1.54, 1.807) is 6.92 Å². The average Bonchev–Trinajstić information content (AvgIpc) is 3.33. The lowest BCUT2D eigenvalue weighted by atomic mass is 9.96. The molecule has 2 fully saturated rings. The molecule has 1 aromatic rings. The number of aliphatic hydroxyl groups excluding tert-OH is 1. The molecule has 0 bridgehead atoms. The molecule has 0 unspecified atom stereocenters. The number of aliphatic hydroxyl groups is 1. The van der Waals surface area contributed by atoms with Crippen LogP contribution in [0.5, 0.6) is 5.75 Å². The Morgan fingerprint density at radius 2 is 2.04 bits per heavy atom. The van der Waals surface area contributed by atoms with Crippen LogP contribution in [0.15, 0.2) is 24.3 Å². The smallest absolute Gasteiger partial charge is 0.325 e. The van der Waals surface area contributed by atoms with E-state index in [-0.39, 0.29) is 30.8 Å². The minimum absolute atomic E-state index is 0.0944. The van der Waals surface area contributed by atoms with Gasteiger partial charge in [0.05, 0.1) is 6.54 Å². The number of nitrogens with one attached hydrogen (secondary N) is 1. The summed E-state index contributed by atoms with van der Waals surface area (Å²) < 4.78 is 18.1. The zero-order chi connectivity index (χ0) is 16.6. The van der Waals surface area contributed by atoms with Gasteiger partial charge in [0.2, 0.25) is 0 Å². The molecule has 2 aliphatic rings. The van der Waals surface area contributed by atoms with Crippen molar-refractivity contribution in [2.45, 2.75) is 31.4 Å². The molecule has 1 aromatic carbocycles. The number of ether oxygens (including phenoxy) is 1. The van der Waals surface area contributed by atoms with E-state index in [1.165, 1.54) is 24.3 Å². The molecule has 3 amide bonds. The average molecular weight is 322 g/mol. The van der Waals surface area contributed by atoms with E-state index >= 15 is 0 Å². The minimum Gasteiger partial charge on any atom is -0.491 e. The molecule has 0 radical (unpaired) electrons. The first-order valence-electron chi connectivity index (χ1n) is 7.60. The minimum atomic E-state index is -1.02. The number of rotatable bonds is 6. The van der Waals surface area contributed by atoms with Crippen molar-refractivity contribution in [1.82, 2.24) is 10.2 Å². The second-order valence-electron chi connectivity index (χ2n) is 6.24. The molecule has 2 N–H and O–H groups in total. The lowest BCUT2D eigenvalue weighted by molar-refractivity contribution is -0.132. The molecule has 1 heterocycles. The van der Waals surface area contributed by atoms with Crippen molar-refractivity contribution in [2.75, 3.05) is 13.2 Å². The summed E-state index contributed by atoms with van der Waals surface area (Å²) in [5, 5.41) is 12.7. The van der Waals surface area contributed by atoms with E-state index < -0.39 is 17.7 Å². The molecule has 7 heteroatoms. The Morgan fingerprint density at radius 3 is 2.65 bits per heavy atom. The highest BCUT2D eigenvalue weighted by molar-refractivity contribution is 6.07. The fraction of sp³-hybridized carbons (Fsp3) is 0.500. The summed E-state index contributed by atoms with van der Waals surface area (Å²) in [6.45, 7) is 1.50. The molecule has 6 nitrogen and oxygen atoms in total. The maximum absolute atomic E-state index is 12.8. The van der Waals surface area contributed by atoms with Crippen molar-refractivity contribution in [3.8, 4) is 5.75 Å². The number of benzene rings is 1. The third kappa shape index (κ3) is 3.14. The van der Waals surface area contributed by atoms with Gasteiger partial charge in [-0.05, 0) is 49.9 Å². The summed E-state index contributed by atoms with van der Waals surface area (Å²) >= 11 is 0. The van der Waals surface area contributed by atoms with E-state index in [0.717, 1.165) is 17.7 Å². The summed E-state index contributed by atoms with van der Waals surface area (Å²) in [5.41, 5.74) is -0.853. The Bertz CT molecular complexity index is 617. The molecule has 1 aliphatic carbocycles. The number of urea groups is 1. The number of amides is 3. The zero-order valence-corrected chi connectivity index (χ0v) is 12.8. The summed E-state index contributed by atoms with van der Waals surface area (Å²) in [4.78, 5) is 25.4. The van der Waals surface area contributed by atoms with Crippen molar-refractivity contribution in [3.63, 3.8) is 0 Å². The molecule has 0 aromatic heterocycles. The number of hydrogen-bond acceptors (Lipinski definition) is 4. The molecule has 3 rings (SSSR count). The van der Waals surface area contributed by atoms with Gasteiger partial charge in [-0.15, -0.1) is 0 Å². The van der Waals surface area contributed by atoms with Gasteiger partial charge >= 0.3 is 6.03 Å². The number of nitrogens with zero attached hydrogens (tertiary/aromatic N) is 1. The topological polar surface area (TPSA) is 78.9 Å². The van der Waals surface area contributed by atoms with E-state index in [9.17, 15) is 19.1 Å². The molecule has 124 valence electrons. The van der Waals surface area contributed by atoms with Crippen LogP contribution >= 0.6 is 0 Å². The Morgan fingerprint density at radius 1 is 1.39 bits per heavy atom. The fourth-order valence-corrected chi connectivity index (χ4v) is 2.81. The summed E-state index contributed by atoms with van der Waals surface area (Å²) in [6.07, 6.45) is 0.829. The Kier molecular flexibility index (Phi) is 3.97. The summed E-state index contributed by atoms with van der Waals surface area (Å²) in [5.74, 6) is -0.0931. The van der Waals surface area contributed by atoms with Gasteiger partial charge in [0.15, 0.2) is 0 Å². The van der Waals surface area contributed by atoms with Crippen molar-refractivity contribution >= 4 is 11.9 Å². The molecule has 0 spiro atoms. The highest BCUT2D eigenvalue weighted by atomic mass is 19.1. The molecule has 23 heavy (non-hydrogen) atoms. The van der Waals surface area contributed by atoms with Crippen molar-refractivity contribution in [3.05, 3.63) is 30.1 Å². The second-order valence-corrected chi connectivity index (χ2v) is 6.24. The van der Waals surface area contributed by atoms with Gasteiger partial charge in [-0.2, -0.15) is 0 Å². The van der Waals surface area contributed by atoms with Crippen molar-refractivity contribution in [2.24, 2.45) is 5.92 Å². The molecular weight excluding hydrogens is 303 g/mol. The van der Waals surface area contributed by atoms with Crippen LogP contribution in [0.3, 0.4) is 0 Å². The van der Waals surface area contributed by atoms with Gasteiger partial charge in [0, 0.05) is 0 Å². The van der Waals surface area contributed by atoms with Crippen LogP contribution in [0.2, 0.25) is 0 Å². The van der Waals surface area contributed by atoms with E-state index in [2.05, 4.69) is 5.32 Å². The molecule has 1 saturated carbocycles. The largest absolute Gasteiger partial charge is 0.491 e. The van der Waals surface area contributed by atoms with Crippen LogP contribution in [0.1, 0.15) is 19.8 Å². The Hall–Kier alpha value is -2.15. The van der Waals surface area contributed by atoms with Crippen LogP contribution < -0.4 is 10.1 Å². The monoisotopic (exact) mass is 322 g/mol. The van der Waals surface area contributed by atoms with Crippen molar-refractivity contribution < 1.29 is 23.8 Å². The van der Waals surface area contributed by atoms with Crippen molar-refractivity contribution in [1.29, 1.82) is 0 Å². The number of halogens is 1. The molecule has 1 saturated heterocycles. The van der Waals surface area contributed by atoms with Crippen LogP contribution in [-0.2, 0) is 4.79 Å².